The molecular formula is C64H97NO13Si3. The Bertz CT molecular complexity index is 2660. The first kappa shape index (κ1) is 64.5. The van der Waals surface area contributed by atoms with Crippen molar-refractivity contribution < 1.29 is 61.3 Å². The summed E-state index contributed by atoms with van der Waals surface area (Å²) in [5.74, 6) is -4.04. The summed E-state index contributed by atoms with van der Waals surface area (Å²) >= 11 is 0. The minimum Gasteiger partial charge on any atom is -0.456 e. The molecule has 0 radical (unpaired) electrons. The van der Waals surface area contributed by atoms with E-state index in [0.717, 1.165) is 18.1 Å². The summed E-state index contributed by atoms with van der Waals surface area (Å²) in [7, 11) is -8.33. The number of fused-ring (bicyclic) bond motifs is 7. The molecule has 14 nitrogen and oxygen atoms in total. The SMILES string of the molecule is CC[Si](CC)(CC)OC1C(=O)C2(C)C(O[Si](CC)(CC)CC)CC3OCC3(OC(C)=O)C2C2OC(=O)c3ccccc3C/C=C/CCCCC(=O)NC(c3ccccc3)C(O[Si](C)(C)C(C)(C)C)C(=O)OC3CC2(O)C(C)(C)C1=C3C. The number of amides is 1. The highest BCUT2D eigenvalue weighted by Gasteiger charge is 2.79. The van der Waals surface area contributed by atoms with Gasteiger partial charge in [-0.1, -0.05) is 137 Å². The first-order chi connectivity index (χ1) is 38.0. The summed E-state index contributed by atoms with van der Waals surface area (Å²) in [5, 5.41) is 17.7. The average molecular weight is 1170 g/mol. The number of allylic oxidation sites excluding steroid dienone is 2. The van der Waals surface area contributed by atoms with Gasteiger partial charge in [-0.15, -0.1) is 0 Å². The van der Waals surface area contributed by atoms with Crippen molar-refractivity contribution in [1.29, 1.82) is 0 Å². The molecule has 0 aromatic heterocycles. The molecule has 5 aliphatic rings. The van der Waals surface area contributed by atoms with Gasteiger partial charge in [-0.25, -0.2) is 9.59 Å². The van der Waals surface area contributed by atoms with Crippen LogP contribution in [-0.2, 0) is 57.8 Å². The van der Waals surface area contributed by atoms with E-state index in [9.17, 15) is 14.7 Å². The Morgan fingerprint density at radius 2 is 1.41 bits per heavy atom. The Labute approximate surface area is 487 Å². The van der Waals surface area contributed by atoms with Gasteiger partial charge in [0, 0.05) is 31.6 Å². The third kappa shape index (κ3) is 12.0. The Hall–Kier alpha value is -4.08. The summed E-state index contributed by atoms with van der Waals surface area (Å²) in [6.07, 6.45) is -0.827. The fourth-order valence-electron chi connectivity index (χ4n) is 13.9. The van der Waals surface area contributed by atoms with E-state index in [4.69, 9.17) is 32.2 Å². The monoisotopic (exact) mass is 1170 g/mol. The minimum absolute atomic E-state index is 0.149. The van der Waals surface area contributed by atoms with Crippen LogP contribution in [0, 0.1) is 16.7 Å². The number of rotatable bonds is 14. The van der Waals surface area contributed by atoms with Crippen LogP contribution in [0.1, 0.15) is 163 Å². The standard InChI is InChI=1S/C64H97NO13Si3/c1-17-80(18-2,19-3)76-48-39-49-63(41-72-49,75-43(8)66)55-57-64(71)40-47(42(7)51(61(64,12)13)53(56(68)62(48,55)14)78-81(20-4,21-5)22-6)73-59(70)54(77-79(15,16)60(9,10)11)52(45-35-28-26-29-36-45)65-50(67)38-30-25-23-24-27-33-44-34-31-32-37-46(44)58(69)74-57/h24,26-29,31-32,34-37,47-49,52-55,57,71H,17-23,25,30,33,38-41H2,1-16H3,(H,65,67)/b27-24+. The highest BCUT2D eigenvalue weighted by Crippen LogP contribution is 2.66. The first-order valence-electron chi connectivity index (χ1n) is 30.4. The second-order valence-electron chi connectivity index (χ2n) is 26.2. The summed E-state index contributed by atoms with van der Waals surface area (Å²) in [6.45, 7) is 31.7. The zero-order chi connectivity index (χ0) is 59.7. The number of ketones is 1. The number of Topliss-reactive ketones (excluding diaryl/α,β-unsaturated/α-hetero) is 1. The molecule has 0 spiro atoms. The lowest BCUT2D eigenvalue weighted by Crippen LogP contribution is -2.82. The smallest absolute Gasteiger partial charge is 0.338 e. The number of aliphatic hydroxyl groups is 1. The van der Waals surface area contributed by atoms with E-state index >= 15 is 14.4 Å². The maximum Gasteiger partial charge on any atom is 0.338 e. The highest BCUT2D eigenvalue weighted by atomic mass is 28.4. The third-order valence-electron chi connectivity index (χ3n) is 20.7. The summed E-state index contributed by atoms with van der Waals surface area (Å²) in [4.78, 5) is 77.2. The van der Waals surface area contributed by atoms with E-state index in [1.807, 2.05) is 95.4 Å². The predicted molar refractivity (Wildman–Crippen MR) is 322 cm³/mol. The van der Waals surface area contributed by atoms with Gasteiger partial charge >= 0.3 is 17.9 Å². The number of benzene rings is 2. The molecule has 1 saturated heterocycles. The van der Waals surface area contributed by atoms with E-state index in [2.05, 4.69) is 67.6 Å². The molecule has 3 fully saturated rings. The van der Waals surface area contributed by atoms with Gasteiger partial charge in [0.05, 0.1) is 35.6 Å². The number of carbonyl (C=O) groups excluding carboxylic acids is 5. The number of carbonyl (C=O) groups is 5. The fraction of sp³-hybridized carbons (Fsp3) is 0.672. The minimum atomic E-state index is -2.88. The van der Waals surface area contributed by atoms with Gasteiger partial charge in [0.15, 0.2) is 42.4 Å². The lowest BCUT2D eigenvalue weighted by molar-refractivity contribution is -0.344. The molecule has 11 unspecified atom stereocenters. The first-order valence-corrected chi connectivity index (χ1v) is 38.3. The largest absolute Gasteiger partial charge is 0.456 e. The molecule has 11 atom stereocenters. The molecule has 3 aliphatic carbocycles. The van der Waals surface area contributed by atoms with Crippen molar-refractivity contribution in [1.82, 2.24) is 5.32 Å². The van der Waals surface area contributed by atoms with Crippen LogP contribution in [0.5, 0.6) is 0 Å². The van der Waals surface area contributed by atoms with Crippen molar-refractivity contribution in [3.63, 3.8) is 0 Å². The van der Waals surface area contributed by atoms with Crippen LogP contribution >= 0.6 is 0 Å². The maximum absolute atomic E-state index is 17.4. The van der Waals surface area contributed by atoms with Crippen LogP contribution in [0.3, 0.4) is 0 Å². The summed E-state index contributed by atoms with van der Waals surface area (Å²) in [6, 6.07) is 19.8. The summed E-state index contributed by atoms with van der Waals surface area (Å²) < 4.78 is 49.8. The van der Waals surface area contributed by atoms with E-state index in [1.165, 1.54) is 6.92 Å². The number of hydrogen-bond acceptors (Lipinski definition) is 13. The van der Waals surface area contributed by atoms with E-state index < -0.39 is 113 Å². The van der Waals surface area contributed by atoms with Crippen LogP contribution in [0.25, 0.3) is 0 Å². The molecule has 2 aromatic rings. The van der Waals surface area contributed by atoms with Gasteiger partial charge in [0.2, 0.25) is 5.91 Å². The van der Waals surface area contributed by atoms with E-state index in [0.29, 0.717) is 66.1 Å². The van der Waals surface area contributed by atoms with E-state index in [1.54, 1.807) is 12.1 Å². The number of esters is 3. The van der Waals surface area contributed by atoms with Crippen molar-refractivity contribution in [2.24, 2.45) is 16.7 Å². The number of nitrogens with one attached hydrogen (secondary N) is 1. The topological polar surface area (TPSA) is 182 Å². The van der Waals surface area contributed by atoms with Crippen molar-refractivity contribution in [3.05, 3.63) is 94.6 Å². The Morgan fingerprint density at radius 3 is 1.99 bits per heavy atom. The van der Waals surface area contributed by atoms with Crippen LogP contribution in [0.4, 0.5) is 0 Å². The molecule has 448 valence electrons. The van der Waals surface area contributed by atoms with Gasteiger partial charge < -0.3 is 42.6 Å². The molecule has 17 heteroatoms. The molecule has 2 N–H and O–H groups in total. The quantitative estimate of drug-likeness (QED) is 0.0790. The zero-order valence-electron chi connectivity index (χ0n) is 51.7. The van der Waals surface area contributed by atoms with Gasteiger partial charge in [-0.05, 0) is 122 Å². The maximum atomic E-state index is 17.4. The van der Waals surface area contributed by atoms with Crippen LogP contribution in [0.2, 0.25) is 54.4 Å². The average Bonchev–Trinajstić information content (AvgIpc) is 1.83. The zero-order valence-corrected chi connectivity index (χ0v) is 54.7. The molecule has 1 amide bonds. The molecule has 7 rings (SSSR count). The second-order valence-corrected chi connectivity index (χ2v) is 40.4. The van der Waals surface area contributed by atoms with Crippen molar-refractivity contribution in [2.45, 2.75) is 250 Å². The normalized spacial score (nSPS) is 32.0. The Balaban J connectivity index is 1.59. The third-order valence-corrected chi connectivity index (χ3v) is 34.5. The van der Waals surface area contributed by atoms with Crippen LogP contribution < -0.4 is 5.32 Å². The Morgan fingerprint density at radius 1 is 0.802 bits per heavy atom. The lowest BCUT2D eigenvalue weighted by atomic mass is 9.44. The fourth-order valence-corrected chi connectivity index (χ4v) is 20.8. The lowest BCUT2D eigenvalue weighted by Gasteiger charge is -2.68. The van der Waals surface area contributed by atoms with E-state index in [-0.39, 0.29) is 48.2 Å². The molecule has 2 aliphatic heterocycles. The van der Waals surface area contributed by atoms with Crippen LogP contribution in [-0.4, -0.2) is 114 Å². The molecular weight excluding hydrogens is 1070 g/mol. The van der Waals surface area contributed by atoms with Gasteiger partial charge in [0.25, 0.3) is 0 Å². The van der Waals surface area contributed by atoms with Gasteiger partial charge in [-0.3, -0.25) is 14.4 Å². The molecule has 81 heavy (non-hydrogen) atoms. The molecule has 2 heterocycles. The Kier molecular flexibility index (Phi) is 19.8. The van der Waals surface area contributed by atoms with Crippen molar-refractivity contribution >= 4 is 54.6 Å². The van der Waals surface area contributed by atoms with Crippen molar-refractivity contribution in [2.75, 3.05) is 6.61 Å². The van der Waals surface area contributed by atoms with Gasteiger partial charge in [0.1, 0.15) is 30.0 Å². The predicted octanol–water partition coefficient (Wildman–Crippen LogP) is 12.6. The van der Waals surface area contributed by atoms with Gasteiger partial charge in [-0.2, -0.15) is 0 Å². The number of hydrogen-bond donors (Lipinski definition) is 2. The molecule has 3 bridgehead atoms. The summed E-state index contributed by atoms with van der Waals surface area (Å²) in [5.41, 5.74) is -4.45. The molecule has 2 aromatic carbocycles. The van der Waals surface area contributed by atoms with Crippen molar-refractivity contribution in [3.8, 4) is 0 Å². The highest BCUT2D eigenvalue weighted by molar-refractivity contribution is 6.74. The second kappa shape index (κ2) is 24.9. The van der Waals surface area contributed by atoms with Crippen LogP contribution in [0.15, 0.2) is 77.9 Å². The molecule has 2 saturated carbocycles. The number of ether oxygens (including phenoxy) is 4.